The van der Waals surface area contributed by atoms with Gasteiger partial charge in [-0.15, -0.1) is 11.3 Å². The number of nitrogens with zero attached hydrogens (tertiary/aromatic N) is 1. The zero-order valence-corrected chi connectivity index (χ0v) is 27.3. The average Bonchev–Trinajstić information content (AvgIpc) is 3.73. The molecular weight excluding hydrogens is 615 g/mol. The maximum Gasteiger partial charge on any atom is 0.159 e. The molecule has 0 saturated carbocycles. The Morgan fingerprint density at radius 3 is 1.96 bits per heavy atom. The molecule has 0 radical (unpaired) electrons. The molecule has 0 aliphatic rings. The van der Waals surface area contributed by atoms with E-state index in [9.17, 15) is 0 Å². The first kappa shape index (κ1) is 27.9. The third kappa shape index (κ3) is 4.70. The number of thiophene rings is 1. The third-order valence-corrected chi connectivity index (χ3v) is 10.8. The molecule has 0 fully saturated rings. The molecule has 0 saturated heterocycles. The quantitative estimate of drug-likeness (QED) is 0.186. The lowest BCUT2D eigenvalue weighted by Crippen LogP contribution is -2.10. The fourth-order valence-electron chi connectivity index (χ4n) is 7.22. The van der Waals surface area contributed by atoms with Crippen LogP contribution in [0.5, 0.6) is 0 Å². The highest BCUT2D eigenvalue weighted by Gasteiger charge is 2.21. The van der Waals surface area contributed by atoms with Gasteiger partial charge in [0.25, 0.3) is 0 Å². The van der Waals surface area contributed by atoms with Crippen molar-refractivity contribution in [2.75, 3.05) is 4.90 Å². The van der Waals surface area contributed by atoms with Gasteiger partial charge in [-0.2, -0.15) is 0 Å². The Kier molecular flexibility index (Phi) is 6.39. The lowest BCUT2D eigenvalue weighted by atomic mass is 10.0. The summed E-state index contributed by atoms with van der Waals surface area (Å²) in [4.78, 5) is 2.34. The number of hydrogen-bond acceptors (Lipinski definition) is 3. The van der Waals surface area contributed by atoms with Crippen molar-refractivity contribution in [3.05, 3.63) is 176 Å². The van der Waals surface area contributed by atoms with E-state index in [-0.39, 0.29) is 0 Å². The summed E-state index contributed by atoms with van der Waals surface area (Å²) in [5.74, 6) is 0. The van der Waals surface area contributed by atoms with E-state index in [1.807, 2.05) is 11.3 Å². The van der Waals surface area contributed by atoms with Crippen LogP contribution in [0.1, 0.15) is 0 Å². The molecule has 0 atom stereocenters. The van der Waals surface area contributed by atoms with E-state index in [4.69, 9.17) is 4.42 Å². The van der Waals surface area contributed by atoms with Crippen LogP contribution >= 0.6 is 11.3 Å². The molecule has 0 aliphatic heterocycles. The molecule has 0 bridgehead atoms. The minimum Gasteiger partial charge on any atom is -0.454 e. The molecule has 0 aliphatic carbocycles. The van der Waals surface area contributed by atoms with Gasteiger partial charge in [-0.25, -0.2) is 0 Å². The van der Waals surface area contributed by atoms with E-state index in [2.05, 4.69) is 181 Å². The van der Waals surface area contributed by atoms with E-state index in [1.165, 1.54) is 53.2 Å². The van der Waals surface area contributed by atoms with Gasteiger partial charge in [0.1, 0.15) is 5.58 Å². The van der Waals surface area contributed by atoms with Crippen molar-refractivity contribution < 1.29 is 4.42 Å². The Hall–Kier alpha value is -6.16. The van der Waals surface area contributed by atoms with Crippen LogP contribution in [0.4, 0.5) is 17.1 Å². The summed E-state index contributed by atoms with van der Waals surface area (Å²) in [6.45, 7) is 0. The van der Waals surface area contributed by atoms with E-state index in [1.54, 1.807) is 0 Å². The zero-order chi connectivity index (χ0) is 32.3. The van der Waals surface area contributed by atoms with Gasteiger partial charge < -0.3 is 9.32 Å². The minimum atomic E-state index is 0.873. The molecule has 0 spiro atoms. The molecule has 2 nitrogen and oxygen atoms in total. The van der Waals surface area contributed by atoms with Crippen molar-refractivity contribution >= 4 is 81.3 Å². The van der Waals surface area contributed by atoms with E-state index >= 15 is 0 Å². The van der Waals surface area contributed by atoms with Crippen molar-refractivity contribution in [3.63, 3.8) is 0 Å². The number of anilines is 3. The summed E-state index contributed by atoms with van der Waals surface area (Å²) in [6.07, 6.45) is 0. The maximum atomic E-state index is 6.73. The molecule has 0 amide bonds. The van der Waals surface area contributed by atoms with Crippen LogP contribution in [0.3, 0.4) is 0 Å². The second-order valence-corrected chi connectivity index (χ2v) is 13.6. The first-order chi connectivity index (χ1) is 24.3. The van der Waals surface area contributed by atoms with Gasteiger partial charge in [0.15, 0.2) is 5.58 Å². The van der Waals surface area contributed by atoms with Gasteiger partial charge in [0, 0.05) is 42.3 Å². The highest BCUT2D eigenvalue weighted by atomic mass is 32.1. The molecule has 2 heterocycles. The predicted octanol–water partition coefficient (Wildman–Crippen LogP) is 13.9. The predicted molar refractivity (Wildman–Crippen MR) is 210 cm³/mol. The summed E-state index contributed by atoms with van der Waals surface area (Å²) >= 11 is 1.84. The fraction of sp³-hybridized carbons (Fsp3) is 0. The normalized spacial score (nSPS) is 11.7. The first-order valence-corrected chi connectivity index (χ1v) is 17.4. The van der Waals surface area contributed by atoms with Crippen molar-refractivity contribution in [2.45, 2.75) is 0 Å². The van der Waals surface area contributed by atoms with Crippen LogP contribution in [0.15, 0.2) is 180 Å². The lowest BCUT2D eigenvalue weighted by Gasteiger charge is -2.26. The number of fused-ring (bicyclic) bond motifs is 7. The lowest BCUT2D eigenvalue weighted by molar-refractivity contribution is 0.669. The summed E-state index contributed by atoms with van der Waals surface area (Å²) in [6, 6.07) is 63.2. The second-order valence-electron chi connectivity index (χ2n) is 12.6. The largest absolute Gasteiger partial charge is 0.454 e. The Morgan fingerprint density at radius 1 is 0.388 bits per heavy atom. The number of benzene rings is 8. The zero-order valence-electron chi connectivity index (χ0n) is 26.5. The van der Waals surface area contributed by atoms with Crippen LogP contribution in [0, 0.1) is 0 Å². The van der Waals surface area contributed by atoms with Gasteiger partial charge in [0.05, 0.1) is 5.69 Å². The Balaban J connectivity index is 1.15. The molecule has 49 heavy (non-hydrogen) atoms. The molecule has 2 aromatic heterocycles. The topological polar surface area (TPSA) is 16.4 Å². The molecule has 3 heteroatoms. The number of para-hydroxylation sites is 1. The van der Waals surface area contributed by atoms with Crippen molar-refractivity contribution in [1.29, 1.82) is 0 Å². The minimum absolute atomic E-state index is 0.873. The van der Waals surface area contributed by atoms with Crippen molar-refractivity contribution in [2.24, 2.45) is 0 Å². The fourth-order valence-corrected chi connectivity index (χ4v) is 8.36. The average molecular weight is 644 g/mol. The Labute approximate surface area is 287 Å². The van der Waals surface area contributed by atoms with Crippen LogP contribution in [0.2, 0.25) is 0 Å². The second kappa shape index (κ2) is 11.2. The van der Waals surface area contributed by atoms with Gasteiger partial charge in [-0.05, 0) is 87.6 Å². The summed E-state index contributed by atoms with van der Waals surface area (Å²) < 4.78 is 9.29. The SMILES string of the molecule is c1ccc(-c2ccc3oc4c(N(c5ccc(-c6ccc7ccccc7c6)cc5)c5ccc6c(c5)sc5ccccc56)cccc4c3c2)cc1. The van der Waals surface area contributed by atoms with Crippen molar-refractivity contribution in [1.82, 2.24) is 0 Å². The van der Waals surface area contributed by atoms with Gasteiger partial charge >= 0.3 is 0 Å². The van der Waals surface area contributed by atoms with E-state index in [0.29, 0.717) is 0 Å². The molecule has 230 valence electrons. The third-order valence-electron chi connectivity index (χ3n) is 9.65. The number of furan rings is 1. The molecule has 10 aromatic rings. The van der Waals surface area contributed by atoms with Gasteiger partial charge in [0.2, 0.25) is 0 Å². The van der Waals surface area contributed by atoms with Crippen LogP contribution in [-0.2, 0) is 0 Å². The first-order valence-electron chi connectivity index (χ1n) is 16.6. The maximum absolute atomic E-state index is 6.73. The van der Waals surface area contributed by atoms with Gasteiger partial charge in [-0.3, -0.25) is 0 Å². The molecule has 0 unspecified atom stereocenters. The highest BCUT2D eigenvalue weighted by Crippen LogP contribution is 2.45. The molecule has 10 rings (SSSR count). The summed E-state index contributed by atoms with van der Waals surface area (Å²) in [5, 5.41) is 7.30. The highest BCUT2D eigenvalue weighted by molar-refractivity contribution is 7.25. The number of hydrogen-bond donors (Lipinski definition) is 0. The smallest absolute Gasteiger partial charge is 0.159 e. The van der Waals surface area contributed by atoms with Crippen molar-refractivity contribution in [3.8, 4) is 22.3 Å². The van der Waals surface area contributed by atoms with Crippen LogP contribution in [0.25, 0.3) is 75.1 Å². The van der Waals surface area contributed by atoms with Crippen LogP contribution < -0.4 is 4.90 Å². The molecular formula is C46H29NOS. The Morgan fingerprint density at radius 2 is 1.06 bits per heavy atom. The number of rotatable bonds is 5. The van der Waals surface area contributed by atoms with E-state index < -0.39 is 0 Å². The molecule has 0 N–H and O–H groups in total. The standard InChI is InChI=1S/C46H29NOS/c1-2-9-30(10-3-1)35-21-26-43-41(28-35)40-14-8-15-42(46(40)48-43)47(37-24-25-39-38-13-6-7-16-44(38)49-45(39)29-37)36-22-19-32(20-23-36)34-18-17-31-11-4-5-12-33(31)27-34/h1-29H. The summed E-state index contributed by atoms with van der Waals surface area (Å²) in [5.41, 5.74) is 9.69. The van der Waals surface area contributed by atoms with E-state index in [0.717, 1.165) is 39.0 Å². The summed E-state index contributed by atoms with van der Waals surface area (Å²) in [7, 11) is 0. The monoisotopic (exact) mass is 643 g/mol. The van der Waals surface area contributed by atoms with Gasteiger partial charge in [-0.1, -0.05) is 121 Å². The van der Waals surface area contributed by atoms with Crippen LogP contribution in [-0.4, -0.2) is 0 Å². The Bertz CT molecular complexity index is 2830. The molecule has 8 aromatic carbocycles.